The molecular weight excluding hydrogens is 380 g/mol. The minimum Gasteiger partial charge on any atom is -0.482 e. The third-order valence-corrected chi connectivity index (χ3v) is 7.83. The number of ether oxygens (including phenoxy) is 2. The molecule has 0 atom stereocenters. The van der Waals surface area contributed by atoms with Gasteiger partial charge in [-0.3, -0.25) is 0 Å². The van der Waals surface area contributed by atoms with Gasteiger partial charge >= 0.3 is 5.97 Å². The number of carbonyl (C=O) groups is 1. The van der Waals surface area contributed by atoms with Crippen LogP contribution < -0.4 is 4.74 Å². The average molecular weight is 414 g/mol. The largest absolute Gasteiger partial charge is 0.482 e. The van der Waals surface area contributed by atoms with Gasteiger partial charge in [-0.25, -0.2) is 4.79 Å². The van der Waals surface area contributed by atoms with E-state index in [2.05, 4.69) is 44.2 Å². The first-order valence-electron chi connectivity index (χ1n) is 10.5. The molecule has 0 aliphatic carbocycles. The van der Waals surface area contributed by atoms with Crippen LogP contribution in [0.1, 0.15) is 56.2 Å². The Morgan fingerprint density at radius 1 is 0.931 bits per heavy atom. The first kappa shape index (κ1) is 21.8. The fourth-order valence-corrected chi connectivity index (χ4v) is 6.11. The summed E-state index contributed by atoms with van der Waals surface area (Å²) in [6, 6.07) is 14.5. The number of benzene rings is 2. The van der Waals surface area contributed by atoms with Crippen LogP contribution in [0.3, 0.4) is 0 Å². The van der Waals surface area contributed by atoms with Crippen LogP contribution in [0.5, 0.6) is 5.75 Å². The maximum absolute atomic E-state index is 12.4. The van der Waals surface area contributed by atoms with E-state index >= 15 is 0 Å². The van der Waals surface area contributed by atoms with Gasteiger partial charge in [-0.15, -0.1) is 0 Å². The normalized spacial score (nSPS) is 15.6. The lowest BCUT2D eigenvalue weighted by atomic mass is 9.94. The van der Waals surface area contributed by atoms with E-state index in [0.717, 1.165) is 16.7 Å². The van der Waals surface area contributed by atoms with Gasteiger partial charge in [0, 0.05) is 10.9 Å². The zero-order valence-electron chi connectivity index (χ0n) is 18.1. The molecule has 0 N–H and O–H groups in total. The molecule has 2 aromatic carbocycles. The van der Waals surface area contributed by atoms with E-state index in [1.165, 1.54) is 42.1 Å². The van der Waals surface area contributed by atoms with Gasteiger partial charge in [-0.2, -0.15) is 0 Å². The smallest absolute Gasteiger partial charge is 0.345 e. The molecule has 0 saturated carbocycles. The highest BCUT2D eigenvalue weighted by molar-refractivity contribution is 7.96. The zero-order chi connectivity index (χ0) is 20.9. The minimum atomic E-state index is -0.693. The molecular formula is C25H33O3S+. The summed E-state index contributed by atoms with van der Waals surface area (Å²) in [5.41, 5.74) is 2.63. The molecule has 3 nitrogen and oxygen atoms in total. The van der Waals surface area contributed by atoms with Gasteiger partial charge in [0.2, 0.25) is 0 Å². The van der Waals surface area contributed by atoms with Gasteiger partial charge in [0.15, 0.2) is 11.5 Å². The van der Waals surface area contributed by atoms with Crippen LogP contribution in [0.2, 0.25) is 0 Å². The van der Waals surface area contributed by atoms with Crippen molar-refractivity contribution in [3.05, 3.63) is 59.2 Å². The molecule has 1 saturated heterocycles. The number of hydrogen-bond acceptors (Lipinski definition) is 3. The van der Waals surface area contributed by atoms with Crippen LogP contribution in [0, 0.1) is 13.8 Å². The Kier molecular flexibility index (Phi) is 7.28. The fraction of sp³-hybridized carbons (Fsp3) is 0.480. The van der Waals surface area contributed by atoms with E-state index in [0.29, 0.717) is 16.6 Å². The van der Waals surface area contributed by atoms with Crippen LogP contribution in [-0.4, -0.2) is 24.1 Å². The van der Waals surface area contributed by atoms with E-state index in [-0.39, 0.29) is 12.6 Å². The maximum Gasteiger partial charge on any atom is 0.345 e. The summed E-state index contributed by atoms with van der Waals surface area (Å²) in [5, 5.41) is 0. The predicted octanol–water partition coefficient (Wildman–Crippen LogP) is 5.71. The highest BCUT2D eigenvalue weighted by Gasteiger charge is 2.26. The summed E-state index contributed by atoms with van der Waals surface area (Å²) in [6.07, 6.45) is 5.41. The molecule has 29 heavy (non-hydrogen) atoms. The van der Waals surface area contributed by atoms with Crippen LogP contribution >= 0.6 is 0 Å². The summed E-state index contributed by atoms with van der Waals surface area (Å²) in [4.78, 5) is 13.8. The fourth-order valence-electron chi connectivity index (χ4n) is 3.81. The lowest BCUT2D eigenvalue weighted by Gasteiger charge is -2.26. The zero-order valence-corrected chi connectivity index (χ0v) is 18.9. The highest BCUT2D eigenvalue weighted by atomic mass is 32.2. The van der Waals surface area contributed by atoms with Crippen LogP contribution in [0.4, 0.5) is 0 Å². The first-order chi connectivity index (χ1) is 13.8. The van der Waals surface area contributed by atoms with Gasteiger partial charge in [0.25, 0.3) is 0 Å². The molecule has 3 rings (SSSR count). The Hall–Kier alpha value is -1.94. The predicted molar refractivity (Wildman–Crippen MR) is 121 cm³/mol. The second-order valence-corrected chi connectivity index (χ2v) is 10.7. The molecule has 156 valence electrons. The molecule has 0 aromatic heterocycles. The molecule has 1 heterocycles. The topological polar surface area (TPSA) is 35.5 Å². The van der Waals surface area contributed by atoms with Crippen LogP contribution in [0.25, 0.3) is 0 Å². The van der Waals surface area contributed by atoms with Gasteiger partial charge in [0.1, 0.15) is 22.9 Å². The molecule has 0 amide bonds. The summed E-state index contributed by atoms with van der Waals surface area (Å²) in [7, 11) is 0.368. The molecule has 0 bridgehead atoms. The van der Waals surface area contributed by atoms with Crippen molar-refractivity contribution in [3.63, 3.8) is 0 Å². The second-order valence-electron chi connectivity index (χ2n) is 8.44. The summed E-state index contributed by atoms with van der Waals surface area (Å²) in [5.74, 6) is 2.97. The lowest BCUT2D eigenvalue weighted by Crippen LogP contribution is -2.28. The summed E-state index contributed by atoms with van der Waals surface area (Å²) < 4.78 is 11.4. The van der Waals surface area contributed by atoms with Crippen molar-refractivity contribution in [1.29, 1.82) is 0 Å². The number of hydrogen-bond donors (Lipinski definition) is 0. The maximum atomic E-state index is 12.4. The summed E-state index contributed by atoms with van der Waals surface area (Å²) >= 11 is 0. The van der Waals surface area contributed by atoms with E-state index in [4.69, 9.17) is 9.47 Å². The minimum absolute atomic E-state index is 0.0840. The van der Waals surface area contributed by atoms with E-state index in [1.807, 2.05) is 26.0 Å². The monoisotopic (exact) mass is 413 g/mol. The molecule has 0 unspecified atom stereocenters. The van der Waals surface area contributed by atoms with Crippen molar-refractivity contribution in [2.75, 3.05) is 18.1 Å². The standard InChI is InChI=1S/C25H33O3S/c1-19-15-20(2)17-21(16-19)25(3,4)28-24(26)18-27-22-9-11-23(12-10-22)29-13-7-5-6-8-14-29/h9-12,15-17H,5-8,13-14,18H2,1-4H3/q+1. The first-order valence-corrected chi connectivity index (χ1v) is 12.1. The highest BCUT2D eigenvalue weighted by Crippen LogP contribution is 2.27. The van der Waals surface area contributed by atoms with Crippen molar-refractivity contribution in [3.8, 4) is 5.75 Å². The van der Waals surface area contributed by atoms with Crippen molar-refractivity contribution < 1.29 is 14.3 Å². The van der Waals surface area contributed by atoms with Crippen LogP contribution in [0.15, 0.2) is 47.4 Å². The van der Waals surface area contributed by atoms with E-state index in [1.54, 1.807) is 0 Å². The lowest BCUT2D eigenvalue weighted by molar-refractivity contribution is -0.159. The summed E-state index contributed by atoms with van der Waals surface area (Å²) in [6.45, 7) is 7.86. The Balaban J connectivity index is 1.54. The molecule has 0 spiro atoms. The molecule has 2 aromatic rings. The molecule has 1 aliphatic rings. The van der Waals surface area contributed by atoms with Gasteiger partial charge in [-0.05, 0) is 83.2 Å². The number of esters is 1. The Morgan fingerprint density at radius 2 is 1.52 bits per heavy atom. The SMILES string of the molecule is Cc1cc(C)cc(C(C)(C)OC(=O)COc2ccc([S+]3CCCCCC3)cc2)c1. The second kappa shape index (κ2) is 9.71. The molecule has 4 heteroatoms. The Bertz CT molecular complexity index is 798. The van der Waals surface area contributed by atoms with Gasteiger partial charge < -0.3 is 9.47 Å². The van der Waals surface area contributed by atoms with Crippen molar-refractivity contribution >= 4 is 16.9 Å². The van der Waals surface area contributed by atoms with E-state index < -0.39 is 5.60 Å². The molecule has 1 fully saturated rings. The number of rotatable bonds is 6. The molecule has 1 aliphatic heterocycles. The average Bonchev–Trinajstić information content (AvgIpc) is 2.95. The van der Waals surface area contributed by atoms with E-state index in [9.17, 15) is 4.79 Å². The Labute approximate surface area is 178 Å². The van der Waals surface area contributed by atoms with Crippen molar-refractivity contribution in [1.82, 2.24) is 0 Å². The number of aryl methyl sites for hydroxylation is 2. The quantitative estimate of drug-likeness (QED) is 0.449. The van der Waals surface area contributed by atoms with Crippen molar-refractivity contribution in [2.45, 2.75) is 63.9 Å². The van der Waals surface area contributed by atoms with Crippen molar-refractivity contribution in [2.24, 2.45) is 0 Å². The van der Waals surface area contributed by atoms with Gasteiger partial charge in [0.05, 0.1) is 0 Å². The van der Waals surface area contributed by atoms with Gasteiger partial charge in [-0.1, -0.05) is 29.3 Å². The van der Waals surface area contributed by atoms with Crippen LogP contribution in [-0.2, 0) is 26.0 Å². The Morgan fingerprint density at radius 3 is 2.10 bits per heavy atom. The third kappa shape index (κ3) is 6.27. The number of carbonyl (C=O) groups excluding carboxylic acids is 1. The molecule has 0 radical (unpaired) electrons. The third-order valence-electron chi connectivity index (χ3n) is 5.33.